The first-order valence-electron chi connectivity index (χ1n) is 11.9. The van der Waals surface area contributed by atoms with Gasteiger partial charge in [-0.3, -0.25) is 14.1 Å². The maximum Gasteiger partial charge on any atom is 0.329 e. The highest BCUT2D eigenvalue weighted by atomic mass is 35.5. The van der Waals surface area contributed by atoms with Crippen LogP contribution in [0.4, 0.5) is 0 Å². The fraction of sp³-hybridized carbons (Fsp3) is 0.222. The van der Waals surface area contributed by atoms with Gasteiger partial charge in [0.15, 0.2) is 0 Å². The number of nitrogens with one attached hydrogen (secondary N) is 1. The van der Waals surface area contributed by atoms with E-state index >= 15 is 0 Å². The van der Waals surface area contributed by atoms with Crippen LogP contribution >= 0.6 is 11.6 Å². The molecule has 0 atom stereocenters. The van der Waals surface area contributed by atoms with Crippen LogP contribution in [-0.4, -0.2) is 34.7 Å². The highest BCUT2D eigenvalue weighted by Crippen LogP contribution is 2.29. The lowest BCUT2D eigenvalue weighted by Gasteiger charge is -2.10. The SMILES string of the molecule is CCCc1c(Cl)n(CCc2ccccc2)c(=O)n1Cc1ccc(-c2ccncc2-c2nn[nH]n2)cc1. The van der Waals surface area contributed by atoms with Gasteiger partial charge in [-0.1, -0.05) is 79.5 Å². The molecule has 0 spiro atoms. The molecular weight excluding hydrogens is 474 g/mol. The standard InChI is InChI=1S/C27H26ClN7O/c1-2-6-24-25(28)34(16-14-19-7-4-3-5-8-19)27(36)35(24)18-20-9-11-21(12-10-20)22-13-15-29-17-23(22)26-30-32-33-31-26/h3-5,7-13,15,17H,2,6,14,16,18H2,1H3,(H,30,31,32,33). The number of aryl methyl sites for hydroxylation is 1. The fourth-order valence-electron chi connectivity index (χ4n) is 4.40. The molecule has 8 nitrogen and oxygen atoms in total. The van der Waals surface area contributed by atoms with Crippen LogP contribution in [0.15, 0.2) is 77.9 Å². The molecule has 1 N–H and O–H groups in total. The number of imidazole rings is 1. The Kier molecular flexibility index (Phi) is 7.04. The maximum atomic E-state index is 13.4. The number of hydrogen-bond donors (Lipinski definition) is 1. The minimum Gasteiger partial charge on any atom is -0.290 e. The molecule has 2 aromatic carbocycles. The molecule has 182 valence electrons. The molecular formula is C27H26ClN7O. The molecule has 5 aromatic rings. The average molecular weight is 500 g/mol. The van der Waals surface area contributed by atoms with E-state index in [4.69, 9.17) is 11.6 Å². The Labute approximate surface area is 213 Å². The zero-order chi connectivity index (χ0) is 24.9. The van der Waals surface area contributed by atoms with Gasteiger partial charge < -0.3 is 0 Å². The van der Waals surface area contributed by atoms with Crippen LogP contribution in [0.5, 0.6) is 0 Å². The van der Waals surface area contributed by atoms with E-state index in [-0.39, 0.29) is 5.69 Å². The van der Waals surface area contributed by atoms with Gasteiger partial charge in [0, 0.05) is 24.5 Å². The van der Waals surface area contributed by atoms with E-state index in [1.165, 1.54) is 5.56 Å². The van der Waals surface area contributed by atoms with Crippen LogP contribution in [0.25, 0.3) is 22.5 Å². The van der Waals surface area contributed by atoms with E-state index in [1.807, 2.05) is 53.1 Å². The van der Waals surface area contributed by atoms with E-state index < -0.39 is 0 Å². The molecule has 36 heavy (non-hydrogen) atoms. The first-order chi connectivity index (χ1) is 17.7. The van der Waals surface area contributed by atoms with Crippen molar-refractivity contribution in [1.82, 2.24) is 34.7 Å². The zero-order valence-corrected chi connectivity index (χ0v) is 20.7. The quantitative estimate of drug-likeness (QED) is 0.314. The van der Waals surface area contributed by atoms with Gasteiger partial charge >= 0.3 is 5.69 Å². The van der Waals surface area contributed by atoms with Crippen molar-refractivity contribution in [3.05, 3.63) is 106 Å². The number of tetrazole rings is 1. The smallest absolute Gasteiger partial charge is 0.290 e. The summed E-state index contributed by atoms with van der Waals surface area (Å²) in [6, 6.07) is 20.2. The van der Waals surface area contributed by atoms with Gasteiger partial charge in [0.2, 0.25) is 5.82 Å². The number of aromatic amines is 1. The second kappa shape index (κ2) is 10.7. The summed E-state index contributed by atoms with van der Waals surface area (Å²) in [5.41, 5.74) is 5.76. The topological polar surface area (TPSA) is 94.3 Å². The summed E-state index contributed by atoms with van der Waals surface area (Å²) in [5.74, 6) is 0.490. The van der Waals surface area contributed by atoms with E-state index in [0.29, 0.717) is 24.1 Å². The van der Waals surface area contributed by atoms with E-state index in [0.717, 1.165) is 47.2 Å². The average Bonchev–Trinajstić information content (AvgIpc) is 3.53. The van der Waals surface area contributed by atoms with Crippen LogP contribution in [0.2, 0.25) is 5.15 Å². The molecule has 0 radical (unpaired) electrons. The van der Waals surface area contributed by atoms with Gasteiger partial charge in [0.25, 0.3) is 0 Å². The lowest BCUT2D eigenvalue weighted by atomic mass is 10.00. The normalized spacial score (nSPS) is 11.2. The minimum atomic E-state index is -0.0722. The second-order valence-electron chi connectivity index (χ2n) is 8.60. The Bertz CT molecular complexity index is 1490. The third-order valence-electron chi connectivity index (χ3n) is 6.23. The Hall–Kier alpha value is -4.04. The monoisotopic (exact) mass is 499 g/mol. The highest BCUT2D eigenvalue weighted by Gasteiger charge is 2.18. The van der Waals surface area contributed by atoms with E-state index in [9.17, 15) is 4.79 Å². The summed E-state index contributed by atoms with van der Waals surface area (Å²) >= 11 is 6.73. The molecule has 3 aromatic heterocycles. The Morgan fingerprint density at radius 1 is 0.917 bits per heavy atom. The number of aromatic nitrogens is 7. The predicted octanol–water partition coefficient (Wildman–Crippen LogP) is 4.79. The molecule has 0 saturated heterocycles. The maximum absolute atomic E-state index is 13.4. The van der Waals surface area contributed by atoms with Crippen molar-refractivity contribution in [2.75, 3.05) is 0 Å². The third kappa shape index (κ3) is 4.85. The van der Waals surface area contributed by atoms with E-state index in [2.05, 4.69) is 44.7 Å². The molecule has 3 heterocycles. The van der Waals surface area contributed by atoms with Crippen molar-refractivity contribution in [1.29, 1.82) is 0 Å². The number of benzene rings is 2. The molecule has 0 aliphatic heterocycles. The summed E-state index contributed by atoms with van der Waals surface area (Å²) in [7, 11) is 0. The van der Waals surface area contributed by atoms with Crippen molar-refractivity contribution in [3.8, 4) is 22.5 Å². The lowest BCUT2D eigenvalue weighted by molar-refractivity contribution is 0.628. The van der Waals surface area contributed by atoms with E-state index in [1.54, 1.807) is 17.0 Å². The van der Waals surface area contributed by atoms with Crippen LogP contribution in [-0.2, 0) is 25.9 Å². The number of hydrogen-bond acceptors (Lipinski definition) is 5. The highest BCUT2D eigenvalue weighted by molar-refractivity contribution is 6.30. The molecule has 0 aliphatic carbocycles. The van der Waals surface area contributed by atoms with Crippen molar-refractivity contribution >= 4 is 11.6 Å². The van der Waals surface area contributed by atoms with Crippen molar-refractivity contribution in [2.24, 2.45) is 0 Å². The summed E-state index contributed by atoms with van der Waals surface area (Å²) < 4.78 is 3.51. The van der Waals surface area contributed by atoms with Crippen LogP contribution in [0.3, 0.4) is 0 Å². The molecule has 0 bridgehead atoms. The lowest BCUT2D eigenvalue weighted by Crippen LogP contribution is -2.26. The largest absolute Gasteiger partial charge is 0.329 e. The van der Waals surface area contributed by atoms with Gasteiger partial charge in [-0.2, -0.15) is 5.21 Å². The number of halogens is 1. The molecule has 0 aliphatic rings. The number of nitrogens with zero attached hydrogens (tertiary/aromatic N) is 6. The van der Waals surface area contributed by atoms with Crippen molar-refractivity contribution < 1.29 is 0 Å². The zero-order valence-electron chi connectivity index (χ0n) is 19.9. The predicted molar refractivity (Wildman–Crippen MR) is 140 cm³/mol. The summed E-state index contributed by atoms with van der Waals surface area (Å²) in [5, 5.41) is 14.9. The molecule has 9 heteroatoms. The Morgan fingerprint density at radius 2 is 1.72 bits per heavy atom. The van der Waals surface area contributed by atoms with Gasteiger partial charge in [-0.05, 0) is 46.4 Å². The summed E-state index contributed by atoms with van der Waals surface area (Å²) in [6.07, 6.45) is 5.87. The number of H-pyrrole nitrogens is 1. The Balaban J connectivity index is 1.41. The molecule has 0 unspecified atom stereocenters. The molecule has 0 saturated carbocycles. The molecule has 0 amide bonds. The first-order valence-corrected chi connectivity index (χ1v) is 12.3. The Morgan fingerprint density at radius 3 is 2.44 bits per heavy atom. The minimum absolute atomic E-state index is 0.0722. The summed E-state index contributed by atoms with van der Waals surface area (Å²) in [6.45, 7) is 3.10. The van der Waals surface area contributed by atoms with Gasteiger partial charge in [0.1, 0.15) is 5.15 Å². The van der Waals surface area contributed by atoms with Gasteiger partial charge in [-0.15, -0.1) is 10.2 Å². The molecule has 0 fully saturated rings. The molecule has 5 rings (SSSR count). The third-order valence-corrected chi connectivity index (χ3v) is 6.65. The summed E-state index contributed by atoms with van der Waals surface area (Å²) in [4.78, 5) is 17.6. The van der Waals surface area contributed by atoms with Crippen LogP contribution < -0.4 is 5.69 Å². The second-order valence-corrected chi connectivity index (χ2v) is 8.96. The van der Waals surface area contributed by atoms with Crippen LogP contribution in [0.1, 0.15) is 30.2 Å². The van der Waals surface area contributed by atoms with Crippen molar-refractivity contribution in [3.63, 3.8) is 0 Å². The van der Waals surface area contributed by atoms with Crippen LogP contribution in [0, 0.1) is 0 Å². The number of rotatable bonds is 9. The van der Waals surface area contributed by atoms with Crippen molar-refractivity contribution in [2.45, 2.75) is 39.3 Å². The number of pyridine rings is 1. The van der Waals surface area contributed by atoms with Gasteiger partial charge in [-0.25, -0.2) is 4.79 Å². The fourth-order valence-corrected chi connectivity index (χ4v) is 4.76. The first kappa shape index (κ1) is 23.7. The van der Waals surface area contributed by atoms with Gasteiger partial charge in [0.05, 0.1) is 12.2 Å².